The molecule has 0 amide bonds. The molecular formula is C27H22N3+. The van der Waals surface area contributed by atoms with Crippen LogP contribution in [0.15, 0.2) is 42.6 Å². The molecule has 0 spiro atoms. The van der Waals surface area contributed by atoms with Gasteiger partial charge in [0.15, 0.2) is 6.20 Å². The van der Waals surface area contributed by atoms with E-state index in [-0.39, 0.29) is 0 Å². The molecular weight excluding hydrogens is 366 g/mol. The Kier molecular flexibility index (Phi) is 3.15. The number of pyridine rings is 2. The Morgan fingerprint density at radius 2 is 1.67 bits per heavy atom. The molecule has 0 aliphatic carbocycles. The number of fused-ring (bicyclic) bond motifs is 6. The van der Waals surface area contributed by atoms with Gasteiger partial charge >= 0.3 is 0 Å². The maximum absolute atomic E-state index is 10.0. The van der Waals surface area contributed by atoms with Crippen molar-refractivity contribution in [3.8, 4) is 6.07 Å². The largest absolute Gasteiger partial charge is 0.307 e. The van der Waals surface area contributed by atoms with E-state index in [4.69, 9.17) is 0 Å². The van der Waals surface area contributed by atoms with Gasteiger partial charge in [-0.1, -0.05) is 18.2 Å². The molecule has 30 heavy (non-hydrogen) atoms. The molecule has 3 heteroatoms. The zero-order valence-electron chi connectivity index (χ0n) is 17.9. The maximum Gasteiger partial charge on any atom is 0.224 e. The van der Waals surface area contributed by atoms with Crippen molar-refractivity contribution in [2.45, 2.75) is 27.7 Å². The number of nitrogens with zero attached hydrogens (tertiary/aromatic N) is 3. The van der Waals surface area contributed by atoms with E-state index in [1.165, 1.54) is 49.6 Å². The number of nitriles is 1. The van der Waals surface area contributed by atoms with Crippen LogP contribution in [-0.2, 0) is 7.05 Å². The molecule has 0 radical (unpaired) electrons. The van der Waals surface area contributed by atoms with Crippen LogP contribution in [0.4, 0.5) is 0 Å². The van der Waals surface area contributed by atoms with E-state index >= 15 is 0 Å². The van der Waals surface area contributed by atoms with E-state index in [0.29, 0.717) is 0 Å². The fourth-order valence-corrected chi connectivity index (χ4v) is 5.44. The predicted molar refractivity (Wildman–Crippen MR) is 123 cm³/mol. The first kappa shape index (κ1) is 17.2. The van der Waals surface area contributed by atoms with Crippen molar-refractivity contribution in [3.05, 3.63) is 70.4 Å². The highest BCUT2D eigenvalue weighted by atomic mass is 15.0. The zero-order chi connectivity index (χ0) is 20.9. The molecule has 0 saturated heterocycles. The predicted octanol–water partition coefficient (Wildman–Crippen LogP) is 5.92. The van der Waals surface area contributed by atoms with E-state index < -0.39 is 0 Å². The van der Waals surface area contributed by atoms with Gasteiger partial charge in [0, 0.05) is 16.8 Å². The molecule has 3 nitrogen and oxygen atoms in total. The first-order valence-corrected chi connectivity index (χ1v) is 10.3. The summed E-state index contributed by atoms with van der Waals surface area (Å²) < 4.78 is 4.66. The lowest BCUT2D eigenvalue weighted by atomic mass is 9.94. The van der Waals surface area contributed by atoms with E-state index in [9.17, 15) is 5.26 Å². The first-order chi connectivity index (χ1) is 14.4. The van der Waals surface area contributed by atoms with Crippen molar-refractivity contribution < 1.29 is 4.57 Å². The summed E-state index contributed by atoms with van der Waals surface area (Å²) in [5.41, 5.74) is 10.7. The molecule has 0 aliphatic rings. The molecule has 0 bridgehead atoms. The normalized spacial score (nSPS) is 12.1. The van der Waals surface area contributed by atoms with Gasteiger partial charge in [-0.25, -0.2) is 4.57 Å². The fraction of sp³-hybridized carbons (Fsp3) is 0.185. The van der Waals surface area contributed by atoms with Gasteiger partial charge in [-0.3, -0.25) is 0 Å². The van der Waals surface area contributed by atoms with Crippen LogP contribution in [0.2, 0.25) is 0 Å². The Balaban J connectivity index is 2.18. The molecule has 3 heterocycles. The molecule has 0 fully saturated rings. The van der Waals surface area contributed by atoms with Crippen LogP contribution < -0.4 is 4.57 Å². The Morgan fingerprint density at radius 1 is 0.867 bits per heavy atom. The Morgan fingerprint density at radius 3 is 2.43 bits per heavy atom. The number of benzene rings is 3. The van der Waals surface area contributed by atoms with Gasteiger partial charge in [0.1, 0.15) is 7.05 Å². The number of hydrogen-bond acceptors (Lipinski definition) is 1. The number of aromatic nitrogens is 2. The quantitative estimate of drug-likeness (QED) is 0.181. The van der Waals surface area contributed by atoms with E-state index in [2.05, 4.69) is 92.4 Å². The molecule has 0 saturated carbocycles. The van der Waals surface area contributed by atoms with Crippen LogP contribution in [0.25, 0.3) is 49.0 Å². The topological polar surface area (TPSA) is 32.1 Å². The first-order valence-electron chi connectivity index (χ1n) is 10.3. The zero-order valence-corrected chi connectivity index (χ0v) is 17.9. The monoisotopic (exact) mass is 388 g/mol. The Bertz CT molecular complexity index is 1740. The molecule has 6 rings (SSSR count). The second kappa shape index (κ2) is 5.49. The number of rotatable bonds is 0. The average Bonchev–Trinajstić information content (AvgIpc) is 3.06. The highest BCUT2D eigenvalue weighted by Crippen LogP contribution is 2.43. The van der Waals surface area contributed by atoms with Crippen molar-refractivity contribution in [1.29, 1.82) is 5.26 Å². The fourth-order valence-electron chi connectivity index (χ4n) is 5.44. The Hall–Kier alpha value is -3.64. The lowest BCUT2D eigenvalue weighted by Gasteiger charge is -2.16. The van der Waals surface area contributed by atoms with E-state index in [0.717, 1.165) is 27.2 Å². The second-order valence-electron chi connectivity index (χ2n) is 8.71. The van der Waals surface area contributed by atoms with Crippen LogP contribution in [0, 0.1) is 39.0 Å². The summed E-state index contributed by atoms with van der Waals surface area (Å²) in [5, 5.41) is 15.9. The SMILES string of the molecule is Cc1ccc2c3c(C#N)cc4cc[n+](C)c5c6c(C)c(C)cc(C)c6n(c2c1)c3c45. The van der Waals surface area contributed by atoms with Crippen LogP contribution in [0.5, 0.6) is 0 Å². The van der Waals surface area contributed by atoms with Gasteiger partial charge in [-0.15, -0.1) is 0 Å². The summed E-state index contributed by atoms with van der Waals surface area (Å²) in [6.45, 7) is 8.77. The number of aryl methyl sites for hydroxylation is 5. The molecule has 3 aromatic carbocycles. The van der Waals surface area contributed by atoms with Gasteiger partial charge in [-0.05, 0) is 67.5 Å². The highest BCUT2D eigenvalue weighted by Gasteiger charge is 2.26. The van der Waals surface area contributed by atoms with Crippen LogP contribution in [0.1, 0.15) is 27.8 Å². The van der Waals surface area contributed by atoms with Gasteiger partial charge in [0.25, 0.3) is 0 Å². The van der Waals surface area contributed by atoms with Crippen molar-refractivity contribution >= 4 is 49.0 Å². The van der Waals surface area contributed by atoms with Gasteiger partial charge in [0.2, 0.25) is 5.52 Å². The smallest absolute Gasteiger partial charge is 0.224 e. The molecule has 0 unspecified atom stereocenters. The van der Waals surface area contributed by atoms with Gasteiger partial charge in [0.05, 0.1) is 39.0 Å². The summed E-state index contributed by atoms with van der Waals surface area (Å²) in [4.78, 5) is 0. The minimum atomic E-state index is 0.745. The molecule has 0 atom stereocenters. The average molecular weight is 388 g/mol. The lowest BCUT2D eigenvalue weighted by Crippen LogP contribution is -2.29. The summed E-state index contributed by atoms with van der Waals surface area (Å²) in [5.74, 6) is 0. The number of hydrogen-bond donors (Lipinski definition) is 0. The standard InChI is InChI=1S/C27H22N3/c1-14-6-7-20-21(10-14)30-25-16(3)11-15(2)17(4)22(25)26-24-18(8-9-29(26)5)12-19(13-28)23(20)27(24)30/h6-12H,1-5H3/q+1. The molecule has 0 N–H and O–H groups in total. The van der Waals surface area contributed by atoms with E-state index in [1.54, 1.807) is 0 Å². The molecule has 3 aromatic heterocycles. The minimum absolute atomic E-state index is 0.745. The van der Waals surface area contributed by atoms with Crippen molar-refractivity contribution in [3.63, 3.8) is 0 Å². The third kappa shape index (κ3) is 1.87. The van der Waals surface area contributed by atoms with Crippen LogP contribution in [0.3, 0.4) is 0 Å². The van der Waals surface area contributed by atoms with Crippen LogP contribution >= 0.6 is 0 Å². The summed E-state index contributed by atoms with van der Waals surface area (Å²) >= 11 is 0. The van der Waals surface area contributed by atoms with Crippen molar-refractivity contribution in [1.82, 2.24) is 4.40 Å². The second-order valence-corrected chi connectivity index (χ2v) is 8.71. The van der Waals surface area contributed by atoms with Crippen LogP contribution in [-0.4, -0.2) is 4.40 Å². The van der Waals surface area contributed by atoms with Crippen molar-refractivity contribution in [2.75, 3.05) is 0 Å². The summed E-state index contributed by atoms with van der Waals surface area (Å²) in [6.07, 6.45) is 2.12. The minimum Gasteiger partial charge on any atom is -0.307 e. The Labute approximate surface area is 174 Å². The molecule has 0 aliphatic heterocycles. The molecule has 144 valence electrons. The third-order valence-corrected chi connectivity index (χ3v) is 6.88. The maximum atomic E-state index is 10.0. The summed E-state index contributed by atoms with van der Waals surface area (Å²) in [7, 11) is 2.13. The van der Waals surface area contributed by atoms with Gasteiger partial charge < -0.3 is 4.40 Å². The van der Waals surface area contributed by atoms with Crippen molar-refractivity contribution in [2.24, 2.45) is 7.05 Å². The summed E-state index contributed by atoms with van der Waals surface area (Å²) in [6, 6.07) is 15.6. The highest BCUT2D eigenvalue weighted by molar-refractivity contribution is 6.28. The van der Waals surface area contributed by atoms with E-state index in [1.807, 2.05) is 0 Å². The molecule has 6 aromatic rings. The van der Waals surface area contributed by atoms with Gasteiger partial charge in [-0.2, -0.15) is 5.26 Å². The lowest BCUT2D eigenvalue weighted by molar-refractivity contribution is -0.643. The third-order valence-electron chi connectivity index (χ3n) is 6.88.